The summed E-state index contributed by atoms with van der Waals surface area (Å²) in [7, 11) is 0. The Balaban J connectivity index is 2.91. The molecule has 0 bridgehead atoms. The Bertz CT molecular complexity index is 478. The normalized spacial score (nSPS) is 10.8. The largest absolute Gasteiger partial charge is 0.464 e. The van der Waals surface area contributed by atoms with Crippen molar-refractivity contribution < 1.29 is 19.1 Å². The van der Waals surface area contributed by atoms with E-state index in [2.05, 4.69) is 4.99 Å². The van der Waals surface area contributed by atoms with E-state index >= 15 is 0 Å². The summed E-state index contributed by atoms with van der Waals surface area (Å²) in [4.78, 5) is 27.5. The summed E-state index contributed by atoms with van der Waals surface area (Å²) in [5.41, 5.74) is 1.84. The average molecular weight is 277 g/mol. The lowest BCUT2D eigenvalue weighted by Gasteiger charge is -2.10. The summed E-state index contributed by atoms with van der Waals surface area (Å²) in [6, 6.07) is 6.27. The van der Waals surface area contributed by atoms with Crippen molar-refractivity contribution in [2.75, 3.05) is 13.2 Å². The third kappa shape index (κ3) is 4.50. The van der Waals surface area contributed by atoms with Crippen LogP contribution in [0.1, 0.15) is 25.0 Å². The van der Waals surface area contributed by atoms with E-state index < -0.39 is 18.0 Å². The second-order valence-electron chi connectivity index (χ2n) is 4.04. The second-order valence-corrected chi connectivity index (χ2v) is 4.04. The molecule has 5 heteroatoms. The van der Waals surface area contributed by atoms with Crippen molar-refractivity contribution in [2.24, 2.45) is 4.99 Å². The van der Waals surface area contributed by atoms with Crippen molar-refractivity contribution in [3.63, 3.8) is 0 Å². The van der Waals surface area contributed by atoms with Crippen LogP contribution in [0.4, 0.5) is 0 Å². The lowest BCUT2D eigenvalue weighted by atomic mass is 10.1. The quantitative estimate of drug-likeness (QED) is 0.452. The average Bonchev–Trinajstić information content (AvgIpc) is 2.41. The fraction of sp³-hybridized carbons (Fsp3) is 0.400. The van der Waals surface area contributed by atoms with Crippen LogP contribution in [0, 0.1) is 6.92 Å². The molecule has 0 spiro atoms. The maximum absolute atomic E-state index is 11.7. The molecule has 0 saturated carbocycles. The number of ether oxygens (including phenoxy) is 2. The Hall–Kier alpha value is -2.17. The fourth-order valence-electron chi connectivity index (χ4n) is 1.55. The standard InChI is InChI=1S/C15H19NO4/c1-4-19-14(17)13(15(18)20-5-2)16-10-12-9-7-6-8-11(12)3/h6-10,13H,4-5H2,1-3H3. The molecule has 20 heavy (non-hydrogen) atoms. The van der Waals surface area contributed by atoms with E-state index in [-0.39, 0.29) is 13.2 Å². The number of esters is 2. The van der Waals surface area contributed by atoms with Crippen molar-refractivity contribution in [2.45, 2.75) is 26.8 Å². The van der Waals surface area contributed by atoms with Crippen LogP contribution in [-0.2, 0) is 19.1 Å². The van der Waals surface area contributed by atoms with E-state index in [1.165, 1.54) is 6.21 Å². The number of hydrogen-bond acceptors (Lipinski definition) is 5. The molecular weight excluding hydrogens is 258 g/mol. The van der Waals surface area contributed by atoms with Crippen molar-refractivity contribution in [3.8, 4) is 0 Å². The van der Waals surface area contributed by atoms with Gasteiger partial charge in [-0.15, -0.1) is 0 Å². The van der Waals surface area contributed by atoms with Crippen LogP contribution >= 0.6 is 0 Å². The molecule has 0 atom stereocenters. The summed E-state index contributed by atoms with van der Waals surface area (Å²) >= 11 is 0. The van der Waals surface area contributed by atoms with Gasteiger partial charge in [0, 0.05) is 6.21 Å². The van der Waals surface area contributed by atoms with Gasteiger partial charge >= 0.3 is 11.9 Å². The Morgan fingerprint density at radius 1 is 1.15 bits per heavy atom. The van der Waals surface area contributed by atoms with E-state index in [1.54, 1.807) is 13.8 Å². The molecular formula is C15H19NO4. The first kappa shape index (κ1) is 15.9. The third-order valence-corrected chi connectivity index (χ3v) is 2.57. The van der Waals surface area contributed by atoms with Gasteiger partial charge in [0.1, 0.15) is 0 Å². The van der Waals surface area contributed by atoms with Gasteiger partial charge in [0.25, 0.3) is 0 Å². The van der Waals surface area contributed by atoms with E-state index in [9.17, 15) is 9.59 Å². The van der Waals surface area contributed by atoms with Gasteiger partial charge in [-0.1, -0.05) is 24.3 Å². The minimum atomic E-state index is -1.27. The Kier molecular flexibility index (Phi) is 6.43. The Morgan fingerprint density at radius 2 is 1.70 bits per heavy atom. The van der Waals surface area contributed by atoms with E-state index in [0.29, 0.717) is 0 Å². The van der Waals surface area contributed by atoms with Crippen LogP contribution in [0.5, 0.6) is 0 Å². The summed E-state index contributed by atoms with van der Waals surface area (Å²) in [5, 5.41) is 0. The number of rotatable bonds is 6. The molecule has 0 aliphatic rings. The highest BCUT2D eigenvalue weighted by Crippen LogP contribution is 2.06. The van der Waals surface area contributed by atoms with Crippen molar-refractivity contribution in [3.05, 3.63) is 35.4 Å². The van der Waals surface area contributed by atoms with Crippen LogP contribution in [0.25, 0.3) is 0 Å². The molecule has 1 aromatic rings. The summed E-state index contributed by atoms with van der Waals surface area (Å²) in [6.07, 6.45) is 1.49. The maximum Gasteiger partial charge on any atom is 0.342 e. The molecule has 0 radical (unpaired) electrons. The fourth-order valence-corrected chi connectivity index (χ4v) is 1.55. The molecule has 1 aromatic carbocycles. The van der Waals surface area contributed by atoms with Crippen LogP contribution in [0.15, 0.2) is 29.3 Å². The van der Waals surface area contributed by atoms with E-state index in [0.717, 1.165) is 11.1 Å². The van der Waals surface area contributed by atoms with Gasteiger partial charge in [-0.2, -0.15) is 0 Å². The van der Waals surface area contributed by atoms with Crippen molar-refractivity contribution >= 4 is 18.2 Å². The Labute approximate surface area is 118 Å². The highest BCUT2D eigenvalue weighted by Gasteiger charge is 2.28. The molecule has 0 amide bonds. The molecule has 1 rings (SSSR count). The maximum atomic E-state index is 11.7. The number of aliphatic imine (C=N–C) groups is 1. The number of nitrogens with zero attached hydrogens (tertiary/aromatic N) is 1. The van der Waals surface area contributed by atoms with Gasteiger partial charge in [0.05, 0.1) is 13.2 Å². The summed E-state index contributed by atoms with van der Waals surface area (Å²) in [5.74, 6) is -1.40. The predicted molar refractivity (Wildman–Crippen MR) is 75.8 cm³/mol. The zero-order chi connectivity index (χ0) is 15.0. The van der Waals surface area contributed by atoms with Gasteiger partial charge in [-0.25, -0.2) is 9.59 Å². The molecule has 5 nitrogen and oxygen atoms in total. The number of carbonyl (C=O) groups excluding carboxylic acids is 2. The second kappa shape index (κ2) is 8.09. The molecule has 0 aliphatic carbocycles. The van der Waals surface area contributed by atoms with Gasteiger partial charge in [0.15, 0.2) is 0 Å². The topological polar surface area (TPSA) is 65.0 Å². The highest BCUT2D eigenvalue weighted by atomic mass is 16.6. The van der Waals surface area contributed by atoms with Gasteiger partial charge in [0.2, 0.25) is 6.04 Å². The first-order chi connectivity index (χ1) is 9.60. The van der Waals surface area contributed by atoms with Crippen molar-refractivity contribution in [1.29, 1.82) is 0 Å². The molecule has 0 aliphatic heterocycles. The van der Waals surface area contributed by atoms with Crippen molar-refractivity contribution in [1.82, 2.24) is 0 Å². The predicted octanol–water partition coefficient (Wildman–Crippen LogP) is 1.91. The Morgan fingerprint density at radius 3 is 2.20 bits per heavy atom. The molecule has 108 valence electrons. The van der Waals surface area contributed by atoms with Gasteiger partial charge in [-0.3, -0.25) is 4.99 Å². The van der Waals surface area contributed by atoms with Crippen LogP contribution < -0.4 is 0 Å². The van der Waals surface area contributed by atoms with E-state index in [1.807, 2.05) is 31.2 Å². The number of aryl methyl sites for hydroxylation is 1. The SMILES string of the molecule is CCOC(=O)C(N=Cc1ccccc1C)C(=O)OCC. The molecule has 0 saturated heterocycles. The monoisotopic (exact) mass is 277 g/mol. The molecule has 0 fully saturated rings. The molecule has 0 N–H and O–H groups in total. The van der Waals surface area contributed by atoms with Gasteiger partial charge < -0.3 is 9.47 Å². The molecule has 0 aromatic heterocycles. The lowest BCUT2D eigenvalue weighted by molar-refractivity contribution is -0.156. The van der Waals surface area contributed by atoms with Crippen LogP contribution in [0.2, 0.25) is 0 Å². The number of hydrogen-bond donors (Lipinski definition) is 0. The smallest absolute Gasteiger partial charge is 0.342 e. The zero-order valence-corrected chi connectivity index (χ0v) is 12.0. The first-order valence-electron chi connectivity index (χ1n) is 6.52. The lowest BCUT2D eigenvalue weighted by Crippen LogP contribution is -2.32. The van der Waals surface area contributed by atoms with Crippen LogP contribution in [0.3, 0.4) is 0 Å². The van der Waals surface area contributed by atoms with Crippen LogP contribution in [-0.4, -0.2) is 37.4 Å². The molecule has 0 heterocycles. The minimum Gasteiger partial charge on any atom is -0.464 e. The zero-order valence-electron chi connectivity index (χ0n) is 12.0. The summed E-state index contributed by atoms with van der Waals surface area (Å²) in [6.45, 7) is 5.64. The third-order valence-electron chi connectivity index (χ3n) is 2.57. The number of carbonyl (C=O) groups is 2. The minimum absolute atomic E-state index is 0.189. The van der Waals surface area contributed by atoms with E-state index in [4.69, 9.17) is 9.47 Å². The highest BCUT2D eigenvalue weighted by molar-refractivity contribution is 6.01. The first-order valence-corrected chi connectivity index (χ1v) is 6.52. The molecule has 0 unspecified atom stereocenters. The van der Waals surface area contributed by atoms with Gasteiger partial charge in [-0.05, 0) is 31.9 Å². The summed E-state index contributed by atoms with van der Waals surface area (Å²) < 4.78 is 9.67. The number of benzene rings is 1.